The standard InChI is InChI=1S/2C14H22O2.2C10H24N2.2Cu/c2*1-13(2,3)9-7-10(14(4,5)6)12(16)11(15)8-9;2*1-9(2,3)11-7-8-12-10(4,5)6;;/h2*7-8,15-16H,1-6H3;2*11-12H,7-8H2,1-6H3;;/q;;;;2*+2/p-4. The molecule has 346 valence electrons. The second-order valence-corrected chi connectivity index (χ2v) is 23.4. The minimum Gasteiger partial charge on any atom is -0.873 e. The van der Waals surface area contributed by atoms with Crippen molar-refractivity contribution < 1.29 is 54.6 Å². The van der Waals surface area contributed by atoms with Crippen molar-refractivity contribution in [3.63, 3.8) is 0 Å². The van der Waals surface area contributed by atoms with Crippen molar-refractivity contribution in [2.45, 2.75) is 210 Å². The van der Waals surface area contributed by atoms with E-state index in [-0.39, 0.29) is 89.5 Å². The van der Waals surface area contributed by atoms with Gasteiger partial charge in [-0.05, 0) is 116 Å². The summed E-state index contributed by atoms with van der Waals surface area (Å²) < 4.78 is 0. The van der Waals surface area contributed by atoms with E-state index in [2.05, 4.69) is 104 Å². The molecule has 4 N–H and O–H groups in total. The van der Waals surface area contributed by atoms with Crippen LogP contribution >= 0.6 is 0 Å². The Kier molecular flexibility index (Phi) is 26.4. The van der Waals surface area contributed by atoms with Crippen LogP contribution in [0.15, 0.2) is 24.3 Å². The minimum atomic E-state index is -0.391. The maximum Gasteiger partial charge on any atom is 2.00 e. The molecule has 0 aliphatic rings. The average molecular weight is 912 g/mol. The van der Waals surface area contributed by atoms with E-state index in [1.165, 1.54) is 12.1 Å². The van der Waals surface area contributed by atoms with Gasteiger partial charge >= 0.3 is 34.1 Å². The van der Waals surface area contributed by atoms with Crippen LogP contribution in [0.2, 0.25) is 0 Å². The Balaban J connectivity index is -0.000000335. The van der Waals surface area contributed by atoms with Crippen LogP contribution in [-0.4, -0.2) is 48.3 Å². The molecule has 0 bridgehead atoms. The number of hydrogen-bond acceptors (Lipinski definition) is 8. The van der Waals surface area contributed by atoms with E-state index >= 15 is 0 Å². The Morgan fingerprint density at radius 2 is 0.517 bits per heavy atom. The van der Waals surface area contributed by atoms with Gasteiger partial charge in [-0.3, -0.25) is 0 Å². The summed E-state index contributed by atoms with van der Waals surface area (Å²) in [4.78, 5) is 0. The maximum atomic E-state index is 11.8. The molecule has 0 amide bonds. The summed E-state index contributed by atoms with van der Waals surface area (Å²) >= 11 is 0. The van der Waals surface area contributed by atoms with Gasteiger partial charge in [0, 0.05) is 48.3 Å². The molecular weight excluding hydrogens is 824 g/mol. The van der Waals surface area contributed by atoms with E-state index < -0.39 is 11.5 Å². The second-order valence-electron chi connectivity index (χ2n) is 23.4. The van der Waals surface area contributed by atoms with Gasteiger partial charge < -0.3 is 41.7 Å². The first-order valence-corrected chi connectivity index (χ1v) is 20.5. The van der Waals surface area contributed by atoms with E-state index in [0.717, 1.165) is 37.3 Å². The van der Waals surface area contributed by atoms with Gasteiger partial charge in [0.2, 0.25) is 0 Å². The number of benzene rings is 2. The van der Waals surface area contributed by atoms with Gasteiger partial charge in [-0.2, -0.15) is 0 Å². The minimum absolute atomic E-state index is 0. The predicted octanol–water partition coefficient (Wildman–Crippen LogP) is 8.38. The molecule has 2 aromatic rings. The Bertz CT molecular complexity index is 1310. The van der Waals surface area contributed by atoms with Crippen LogP contribution in [0.3, 0.4) is 0 Å². The summed E-state index contributed by atoms with van der Waals surface area (Å²) in [6, 6.07) is 6.70. The van der Waals surface area contributed by atoms with Crippen molar-refractivity contribution in [3.8, 4) is 23.0 Å². The SMILES string of the molecule is CC(C)(C)NCCNC(C)(C)C.CC(C)(C)NCCNC(C)(C)C.CC(C)(C)c1cc([O-])c([O-])c(C(C)(C)C)c1.CC(C)(C)c1cc([O-])c([O-])c(C(C)(C)C)c1.[Cu+2].[Cu+2]. The summed E-state index contributed by atoms with van der Waals surface area (Å²) in [6.45, 7) is 54.3. The van der Waals surface area contributed by atoms with Crippen LogP contribution in [0, 0.1) is 0 Å². The Hall–Kier alpha value is -1.48. The van der Waals surface area contributed by atoms with E-state index in [0.29, 0.717) is 11.1 Å². The van der Waals surface area contributed by atoms with Crippen LogP contribution in [0.1, 0.15) is 188 Å². The van der Waals surface area contributed by atoms with Crippen molar-refractivity contribution >= 4 is 0 Å². The van der Waals surface area contributed by atoms with Gasteiger partial charge in [0.05, 0.1) is 0 Å². The third kappa shape index (κ3) is 29.7. The van der Waals surface area contributed by atoms with Crippen LogP contribution in [0.25, 0.3) is 0 Å². The van der Waals surface area contributed by atoms with Gasteiger partial charge in [-0.25, -0.2) is 0 Å². The number of rotatable bonds is 6. The molecular formula is C48H88Cu2N4O4. The molecule has 0 spiro atoms. The zero-order valence-corrected chi connectivity index (χ0v) is 43.3. The maximum absolute atomic E-state index is 11.8. The molecule has 2 rings (SSSR count). The van der Waals surface area contributed by atoms with E-state index in [1.807, 2.05) is 95.2 Å². The molecule has 2 radical (unpaired) electrons. The van der Waals surface area contributed by atoms with Crippen molar-refractivity contribution in [2.75, 3.05) is 26.2 Å². The zero-order valence-electron chi connectivity index (χ0n) is 41.4. The molecule has 0 aliphatic carbocycles. The van der Waals surface area contributed by atoms with Gasteiger partial charge in [0.1, 0.15) is 0 Å². The smallest absolute Gasteiger partial charge is 0.873 e. The third-order valence-electron chi connectivity index (χ3n) is 8.33. The molecule has 8 nitrogen and oxygen atoms in total. The average Bonchev–Trinajstić information content (AvgIpc) is 2.93. The van der Waals surface area contributed by atoms with Gasteiger partial charge in [-0.1, -0.05) is 118 Å². The van der Waals surface area contributed by atoms with Crippen LogP contribution in [0.4, 0.5) is 0 Å². The second kappa shape index (κ2) is 24.2. The molecule has 2 aromatic carbocycles. The molecule has 0 saturated carbocycles. The van der Waals surface area contributed by atoms with Crippen LogP contribution in [-0.2, 0) is 55.8 Å². The summed E-state index contributed by atoms with van der Waals surface area (Å²) in [7, 11) is 0. The summed E-state index contributed by atoms with van der Waals surface area (Å²) in [5.41, 5.74) is 3.27. The molecule has 0 atom stereocenters. The molecule has 0 aromatic heterocycles. The Morgan fingerprint density at radius 1 is 0.328 bits per heavy atom. The van der Waals surface area contributed by atoms with Crippen LogP contribution in [0.5, 0.6) is 23.0 Å². The van der Waals surface area contributed by atoms with E-state index in [9.17, 15) is 20.4 Å². The predicted molar refractivity (Wildman–Crippen MR) is 236 cm³/mol. The molecule has 0 heterocycles. The van der Waals surface area contributed by atoms with Crippen molar-refractivity contribution in [2.24, 2.45) is 0 Å². The summed E-state index contributed by atoms with van der Waals surface area (Å²) in [5.74, 6) is -1.50. The van der Waals surface area contributed by atoms with E-state index in [1.54, 1.807) is 0 Å². The molecule has 0 aliphatic heterocycles. The Morgan fingerprint density at radius 3 is 0.655 bits per heavy atom. The van der Waals surface area contributed by atoms with Crippen molar-refractivity contribution in [3.05, 3.63) is 46.5 Å². The number of hydrogen-bond donors (Lipinski definition) is 4. The van der Waals surface area contributed by atoms with Gasteiger partial charge in [0.15, 0.2) is 0 Å². The van der Waals surface area contributed by atoms with Crippen LogP contribution < -0.4 is 41.7 Å². The Labute approximate surface area is 379 Å². The fraction of sp³-hybridized carbons (Fsp3) is 0.750. The third-order valence-corrected chi connectivity index (χ3v) is 8.33. The normalized spacial score (nSPS) is 12.7. The van der Waals surface area contributed by atoms with Crippen molar-refractivity contribution in [1.82, 2.24) is 21.3 Å². The fourth-order valence-electron chi connectivity index (χ4n) is 4.93. The molecule has 10 heteroatoms. The first-order valence-electron chi connectivity index (χ1n) is 20.5. The van der Waals surface area contributed by atoms with Crippen molar-refractivity contribution in [1.29, 1.82) is 0 Å². The van der Waals surface area contributed by atoms with Gasteiger partial charge in [0.25, 0.3) is 0 Å². The molecule has 0 unspecified atom stereocenters. The molecule has 0 saturated heterocycles. The monoisotopic (exact) mass is 911 g/mol. The first kappa shape index (κ1) is 63.2. The molecule has 0 fully saturated rings. The molecule has 58 heavy (non-hydrogen) atoms. The number of nitrogens with one attached hydrogen (secondary N) is 4. The summed E-state index contributed by atoms with van der Waals surface area (Å²) in [6.07, 6.45) is 0. The van der Waals surface area contributed by atoms with Gasteiger partial charge in [-0.15, -0.1) is 23.0 Å². The zero-order chi connectivity index (χ0) is 45.1. The summed E-state index contributed by atoms with van der Waals surface area (Å²) in [5, 5.41) is 60.6. The van der Waals surface area contributed by atoms with E-state index in [4.69, 9.17) is 0 Å². The first-order chi connectivity index (χ1) is 24.5. The topological polar surface area (TPSA) is 140 Å². The fourth-order valence-corrected chi connectivity index (χ4v) is 4.93. The quantitative estimate of drug-likeness (QED) is 0.168. The largest absolute Gasteiger partial charge is 2.00 e.